The molecule has 1 aliphatic carbocycles. The van der Waals surface area contributed by atoms with Gasteiger partial charge in [0.2, 0.25) is 5.95 Å². The van der Waals surface area contributed by atoms with Gasteiger partial charge in [0.25, 0.3) is 5.56 Å². The highest BCUT2D eigenvalue weighted by Gasteiger charge is 2.16. The molecule has 2 aromatic heterocycles. The Morgan fingerprint density at radius 3 is 3.13 bits per heavy atom. The fourth-order valence-corrected chi connectivity index (χ4v) is 3.71. The molecule has 2 aromatic rings. The lowest BCUT2D eigenvalue weighted by molar-refractivity contribution is 0.292. The molecule has 3 rings (SSSR count). The summed E-state index contributed by atoms with van der Waals surface area (Å²) in [7, 11) is 0. The molecular formula is C17H19N3O2S. The number of nitrogens with zero attached hydrogens (tertiary/aromatic N) is 1. The lowest BCUT2D eigenvalue weighted by Crippen LogP contribution is -2.14. The van der Waals surface area contributed by atoms with Gasteiger partial charge in [-0.15, -0.1) is 11.3 Å². The summed E-state index contributed by atoms with van der Waals surface area (Å²) >= 11 is 1.53. The number of allylic oxidation sites excluding steroid dienone is 6. The summed E-state index contributed by atoms with van der Waals surface area (Å²) in [5.74, 6) is 0.453. The van der Waals surface area contributed by atoms with E-state index in [0.717, 1.165) is 27.3 Å². The third kappa shape index (κ3) is 3.28. The number of rotatable bonds is 5. The number of thiophene rings is 1. The summed E-state index contributed by atoms with van der Waals surface area (Å²) in [4.78, 5) is 21.5. The molecule has 1 aliphatic rings. The number of nitrogens with one attached hydrogen (secondary N) is 2. The summed E-state index contributed by atoms with van der Waals surface area (Å²) in [5, 5.41) is 12.5. The normalized spacial score (nSPS) is 14.1. The summed E-state index contributed by atoms with van der Waals surface area (Å²) in [6.07, 6.45) is 11.9. The minimum absolute atomic E-state index is 0.107. The van der Waals surface area contributed by atoms with E-state index in [9.17, 15) is 4.79 Å². The topological polar surface area (TPSA) is 78.0 Å². The van der Waals surface area contributed by atoms with E-state index >= 15 is 0 Å². The predicted octanol–water partition coefficient (Wildman–Crippen LogP) is 2.99. The number of aromatic nitrogens is 2. The first-order valence-electron chi connectivity index (χ1n) is 7.62. The molecule has 23 heavy (non-hydrogen) atoms. The molecule has 0 aliphatic heterocycles. The van der Waals surface area contributed by atoms with Gasteiger partial charge in [0.15, 0.2) is 0 Å². The fraction of sp³-hybridized carbons (Fsp3) is 0.294. The van der Waals surface area contributed by atoms with Crippen LogP contribution in [0.1, 0.15) is 23.3 Å². The minimum Gasteiger partial charge on any atom is -0.396 e. The van der Waals surface area contributed by atoms with E-state index in [0.29, 0.717) is 24.3 Å². The lowest BCUT2D eigenvalue weighted by atomic mass is 10.1. The monoisotopic (exact) mass is 329 g/mol. The Labute approximate surface area is 138 Å². The predicted molar refractivity (Wildman–Crippen MR) is 96.0 cm³/mol. The van der Waals surface area contributed by atoms with Gasteiger partial charge in [-0.2, -0.15) is 0 Å². The molecule has 3 N–H and O–H groups in total. The Morgan fingerprint density at radius 2 is 2.30 bits per heavy atom. The molecule has 0 fully saturated rings. The highest BCUT2D eigenvalue weighted by Crippen LogP contribution is 2.34. The molecule has 0 unspecified atom stereocenters. The largest absolute Gasteiger partial charge is 0.396 e. The Balaban J connectivity index is 2.04. The average molecular weight is 329 g/mol. The smallest absolute Gasteiger partial charge is 0.261 e. The number of hydrogen-bond acceptors (Lipinski definition) is 5. The van der Waals surface area contributed by atoms with Crippen LogP contribution in [-0.4, -0.2) is 28.2 Å². The van der Waals surface area contributed by atoms with Crippen molar-refractivity contribution in [3.05, 3.63) is 51.2 Å². The number of aryl methyl sites for hydroxylation is 1. The Bertz CT molecular complexity index is 859. The van der Waals surface area contributed by atoms with Crippen LogP contribution in [0.2, 0.25) is 0 Å². The van der Waals surface area contributed by atoms with Gasteiger partial charge in [-0.25, -0.2) is 4.98 Å². The van der Waals surface area contributed by atoms with E-state index in [4.69, 9.17) is 5.11 Å². The van der Waals surface area contributed by atoms with Crippen molar-refractivity contribution in [3.8, 4) is 0 Å². The first-order valence-corrected chi connectivity index (χ1v) is 8.44. The van der Waals surface area contributed by atoms with E-state index in [2.05, 4.69) is 39.6 Å². The molecule has 0 bridgehead atoms. The second-order valence-electron chi connectivity index (χ2n) is 5.34. The molecule has 0 radical (unpaired) electrons. The van der Waals surface area contributed by atoms with Gasteiger partial charge < -0.3 is 10.4 Å². The second-order valence-corrected chi connectivity index (χ2v) is 6.34. The number of aliphatic hydroxyl groups excluding tert-OH is 1. The third-order valence-electron chi connectivity index (χ3n) is 3.67. The van der Waals surface area contributed by atoms with Gasteiger partial charge in [-0.05, 0) is 30.9 Å². The maximum Gasteiger partial charge on any atom is 0.261 e. The van der Waals surface area contributed by atoms with Crippen LogP contribution in [0.4, 0.5) is 5.95 Å². The van der Waals surface area contributed by atoms with E-state index in [1.807, 2.05) is 13.0 Å². The standard InChI is InChI=1S/C17H19N3O2S/c1-11-13-15(22)19-17(18-9-6-10-21)20-16(13)23-14(11)12-7-4-2-3-5-8-12/h2,4-5,7-8,21H,3,6,9-10H2,1H3,(H2,18,19,20,22). The van der Waals surface area contributed by atoms with E-state index < -0.39 is 0 Å². The van der Waals surface area contributed by atoms with Crippen molar-refractivity contribution in [2.24, 2.45) is 0 Å². The summed E-state index contributed by atoms with van der Waals surface area (Å²) < 4.78 is 0. The molecule has 2 heterocycles. The van der Waals surface area contributed by atoms with Crippen molar-refractivity contribution < 1.29 is 5.11 Å². The van der Waals surface area contributed by atoms with Gasteiger partial charge in [0.05, 0.1) is 5.39 Å². The molecular weight excluding hydrogens is 310 g/mol. The maximum atomic E-state index is 12.4. The SMILES string of the molecule is Cc1c(C2=CC=CCC=C2)sc2nc(NCCCO)[nH]c(=O)c12. The van der Waals surface area contributed by atoms with E-state index in [1.165, 1.54) is 11.3 Å². The maximum absolute atomic E-state index is 12.4. The van der Waals surface area contributed by atoms with Crippen molar-refractivity contribution in [3.63, 3.8) is 0 Å². The Hall–Kier alpha value is -2.18. The highest BCUT2D eigenvalue weighted by molar-refractivity contribution is 7.19. The molecule has 120 valence electrons. The van der Waals surface area contributed by atoms with Crippen molar-refractivity contribution in [2.75, 3.05) is 18.5 Å². The number of H-pyrrole nitrogens is 1. The van der Waals surface area contributed by atoms with Gasteiger partial charge >= 0.3 is 0 Å². The van der Waals surface area contributed by atoms with Crippen LogP contribution in [0.3, 0.4) is 0 Å². The van der Waals surface area contributed by atoms with Crippen molar-refractivity contribution in [2.45, 2.75) is 19.8 Å². The van der Waals surface area contributed by atoms with Crippen molar-refractivity contribution in [1.82, 2.24) is 9.97 Å². The zero-order valence-electron chi connectivity index (χ0n) is 12.9. The molecule has 5 nitrogen and oxygen atoms in total. The summed E-state index contributed by atoms with van der Waals surface area (Å²) in [5.41, 5.74) is 1.94. The van der Waals surface area contributed by atoms with Crippen molar-refractivity contribution >= 4 is 33.1 Å². The number of aromatic amines is 1. The minimum atomic E-state index is -0.129. The van der Waals surface area contributed by atoms with Gasteiger partial charge in [0.1, 0.15) is 4.83 Å². The van der Waals surface area contributed by atoms with Crippen molar-refractivity contribution in [1.29, 1.82) is 0 Å². The number of fused-ring (bicyclic) bond motifs is 1. The molecule has 0 saturated carbocycles. The number of hydrogen-bond donors (Lipinski definition) is 3. The number of anilines is 1. The first-order chi connectivity index (χ1) is 11.2. The van der Waals surface area contributed by atoms with Crippen LogP contribution < -0.4 is 10.9 Å². The Kier molecular flexibility index (Phi) is 4.73. The van der Waals surface area contributed by atoms with Crippen LogP contribution in [0.15, 0.2) is 35.2 Å². The van der Waals surface area contributed by atoms with E-state index in [1.54, 1.807) is 0 Å². The molecule has 0 aromatic carbocycles. The zero-order valence-corrected chi connectivity index (χ0v) is 13.7. The third-order valence-corrected chi connectivity index (χ3v) is 4.91. The summed E-state index contributed by atoms with van der Waals surface area (Å²) in [6.45, 7) is 2.64. The average Bonchev–Trinajstić information content (AvgIpc) is 2.72. The fourth-order valence-electron chi connectivity index (χ4n) is 2.52. The Morgan fingerprint density at radius 1 is 1.43 bits per heavy atom. The first kappa shape index (κ1) is 15.7. The highest BCUT2D eigenvalue weighted by atomic mass is 32.1. The second kappa shape index (κ2) is 6.93. The number of aliphatic hydroxyl groups is 1. The molecule has 0 amide bonds. The molecule has 0 atom stereocenters. The van der Waals surface area contributed by atoms with E-state index in [-0.39, 0.29) is 12.2 Å². The van der Waals surface area contributed by atoms with Crippen LogP contribution in [-0.2, 0) is 0 Å². The lowest BCUT2D eigenvalue weighted by Gasteiger charge is -2.03. The van der Waals surface area contributed by atoms with Crippen LogP contribution in [0.25, 0.3) is 15.8 Å². The van der Waals surface area contributed by atoms with Crippen LogP contribution in [0, 0.1) is 6.92 Å². The molecule has 6 heteroatoms. The van der Waals surface area contributed by atoms with Gasteiger partial charge in [-0.3, -0.25) is 9.78 Å². The zero-order chi connectivity index (χ0) is 16.2. The van der Waals surface area contributed by atoms with Crippen LogP contribution >= 0.6 is 11.3 Å². The van der Waals surface area contributed by atoms with Crippen LogP contribution in [0.5, 0.6) is 0 Å². The van der Waals surface area contributed by atoms with Gasteiger partial charge in [-0.1, -0.05) is 30.4 Å². The molecule has 0 spiro atoms. The quantitative estimate of drug-likeness (QED) is 0.737. The summed E-state index contributed by atoms with van der Waals surface area (Å²) in [6, 6.07) is 0. The van der Waals surface area contributed by atoms with Gasteiger partial charge in [0, 0.05) is 18.0 Å². The molecule has 0 saturated heterocycles.